The molecule has 1 amide bonds. The first-order valence-corrected chi connectivity index (χ1v) is 5.62. The number of nitrogens with one attached hydrogen (secondary N) is 1. The van der Waals surface area contributed by atoms with Gasteiger partial charge in [-0.25, -0.2) is 4.79 Å². The highest BCUT2D eigenvalue weighted by molar-refractivity contribution is 7.13. The van der Waals surface area contributed by atoms with Crippen molar-refractivity contribution in [2.45, 2.75) is 6.54 Å². The van der Waals surface area contributed by atoms with E-state index < -0.39 is 6.09 Å². The fourth-order valence-corrected chi connectivity index (χ4v) is 1.94. The molecule has 2 rings (SSSR count). The van der Waals surface area contributed by atoms with Crippen LogP contribution in [0.5, 0.6) is 0 Å². The molecule has 2 aromatic rings. The number of rotatable bonds is 3. The molecular formula is C11H11NO3S. The van der Waals surface area contributed by atoms with E-state index in [4.69, 9.17) is 4.42 Å². The summed E-state index contributed by atoms with van der Waals surface area (Å²) < 4.78 is 10.0. The van der Waals surface area contributed by atoms with E-state index in [2.05, 4.69) is 10.1 Å². The zero-order valence-electron chi connectivity index (χ0n) is 8.73. The molecule has 1 N–H and O–H groups in total. The molecule has 2 aromatic heterocycles. The summed E-state index contributed by atoms with van der Waals surface area (Å²) in [4.78, 5) is 11.9. The van der Waals surface area contributed by atoms with E-state index in [9.17, 15) is 4.79 Å². The summed E-state index contributed by atoms with van der Waals surface area (Å²) in [6, 6.07) is 7.68. The van der Waals surface area contributed by atoms with Gasteiger partial charge in [-0.05, 0) is 23.6 Å². The van der Waals surface area contributed by atoms with Gasteiger partial charge < -0.3 is 14.5 Å². The topological polar surface area (TPSA) is 51.5 Å². The minimum atomic E-state index is -0.464. The van der Waals surface area contributed by atoms with Crippen molar-refractivity contribution in [3.8, 4) is 10.6 Å². The Morgan fingerprint density at radius 2 is 2.38 bits per heavy atom. The SMILES string of the molecule is COC(=O)NCc1ccc(-c2cccs2)o1. The fourth-order valence-electron chi connectivity index (χ4n) is 1.26. The summed E-state index contributed by atoms with van der Waals surface area (Å²) in [5.41, 5.74) is 0. The Hall–Kier alpha value is -1.75. The average molecular weight is 237 g/mol. The summed E-state index contributed by atoms with van der Waals surface area (Å²) in [6.07, 6.45) is -0.464. The van der Waals surface area contributed by atoms with Crippen molar-refractivity contribution in [3.05, 3.63) is 35.4 Å². The number of alkyl carbamates (subject to hydrolysis) is 1. The van der Waals surface area contributed by atoms with E-state index >= 15 is 0 Å². The van der Waals surface area contributed by atoms with Crippen molar-refractivity contribution >= 4 is 17.4 Å². The average Bonchev–Trinajstić information content (AvgIpc) is 2.95. The first-order valence-electron chi connectivity index (χ1n) is 4.74. The van der Waals surface area contributed by atoms with Crippen LogP contribution in [0.15, 0.2) is 34.1 Å². The predicted octanol–water partition coefficient (Wildman–Crippen LogP) is 2.86. The quantitative estimate of drug-likeness (QED) is 0.893. The van der Waals surface area contributed by atoms with Crippen LogP contribution in [0, 0.1) is 0 Å². The fraction of sp³-hybridized carbons (Fsp3) is 0.182. The third-order valence-electron chi connectivity index (χ3n) is 2.02. The lowest BCUT2D eigenvalue weighted by atomic mass is 10.3. The normalized spacial score (nSPS) is 10.1. The summed E-state index contributed by atoms with van der Waals surface area (Å²) >= 11 is 1.61. The Morgan fingerprint density at radius 1 is 1.50 bits per heavy atom. The number of ether oxygens (including phenoxy) is 1. The first-order chi connectivity index (χ1) is 7.79. The molecule has 0 spiro atoms. The van der Waals surface area contributed by atoms with Gasteiger partial charge in [-0.15, -0.1) is 11.3 Å². The minimum Gasteiger partial charge on any atom is -0.458 e. The van der Waals surface area contributed by atoms with Gasteiger partial charge in [0.2, 0.25) is 0 Å². The second-order valence-electron chi connectivity index (χ2n) is 3.09. The van der Waals surface area contributed by atoms with Crippen LogP contribution in [0.1, 0.15) is 5.76 Å². The number of hydrogen-bond donors (Lipinski definition) is 1. The van der Waals surface area contributed by atoms with Gasteiger partial charge in [-0.3, -0.25) is 0 Å². The molecule has 0 aliphatic rings. The van der Waals surface area contributed by atoms with Crippen LogP contribution >= 0.6 is 11.3 Å². The molecule has 0 aliphatic carbocycles. The van der Waals surface area contributed by atoms with E-state index in [0.717, 1.165) is 10.6 Å². The molecule has 84 valence electrons. The number of carbonyl (C=O) groups is 1. The van der Waals surface area contributed by atoms with Crippen LogP contribution in [0.2, 0.25) is 0 Å². The summed E-state index contributed by atoms with van der Waals surface area (Å²) in [6.45, 7) is 0.331. The van der Waals surface area contributed by atoms with Crippen molar-refractivity contribution in [1.29, 1.82) is 0 Å². The molecule has 5 heteroatoms. The summed E-state index contributed by atoms with van der Waals surface area (Å²) in [5, 5.41) is 4.55. The molecule has 16 heavy (non-hydrogen) atoms. The third kappa shape index (κ3) is 2.43. The van der Waals surface area contributed by atoms with Crippen molar-refractivity contribution in [3.63, 3.8) is 0 Å². The van der Waals surface area contributed by atoms with Crippen molar-refractivity contribution in [2.75, 3.05) is 7.11 Å². The molecule has 0 unspecified atom stereocenters. The molecule has 0 fully saturated rings. The van der Waals surface area contributed by atoms with Crippen molar-refractivity contribution < 1.29 is 13.9 Å². The number of methoxy groups -OCH3 is 1. The van der Waals surface area contributed by atoms with Crippen molar-refractivity contribution in [2.24, 2.45) is 0 Å². The van der Waals surface area contributed by atoms with Gasteiger partial charge in [0, 0.05) is 0 Å². The minimum absolute atomic E-state index is 0.331. The van der Waals surface area contributed by atoms with Crippen LogP contribution in [0.3, 0.4) is 0 Å². The van der Waals surface area contributed by atoms with Gasteiger partial charge in [0.25, 0.3) is 0 Å². The molecule has 0 saturated carbocycles. The monoisotopic (exact) mass is 237 g/mol. The van der Waals surface area contributed by atoms with Gasteiger partial charge in [-0.2, -0.15) is 0 Å². The molecule has 0 aliphatic heterocycles. The maximum atomic E-state index is 10.8. The van der Waals surface area contributed by atoms with Gasteiger partial charge in [0.15, 0.2) is 0 Å². The first kappa shape index (κ1) is 10.8. The van der Waals surface area contributed by atoms with Crippen LogP contribution in [-0.2, 0) is 11.3 Å². The van der Waals surface area contributed by atoms with Crippen LogP contribution in [0.4, 0.5) is 4.79 Å². The largest absolute Gasteiger partial charge is 0.458 e. The van der Waals surface area contributed by atoms with Gasteiger partial charge in [0.05, 0.1) is 18.5 Å². The zero-order chi connectivity index (χ0) is 11.4. The summed E-state index contributed by atoms with van der Waals surface area (Å²) in [5.74, 6) is 1.52. The van der Waals surface area contributed by atoms with Crippen LogP contribution in [0.25, 0.3) is 10.6 Å². The number of carbonyl (C=O) groups excluding carboxylic acids is 1. The second-order valence-corrected chi connectivity index (χ2v) is 4.04. The van der Waals surface area contributed by atoms with Gasteiger partial charge >= 0.3 is 6.09 Å². The highest BCUT2D eigenvalue weighted by atomic mass is 32.1. The molecule has 0 radical (unpaired) electrons. The van der Waals surface area contributed by atoms with Gasteiger partial charge in [-0.1, -0.05) is 6.07 Å². The van der Waals surface area contributed by atoms with Crippen molar-refractivity contribution in [1.82, 2.24) is 5.32 Å². The molecule has 0 saturated heterocycles. The predicted molar refractivity (Wildman–Crippen MR) is 61.3 cm³/mol. The molecular weight excluding hydrogens is 226 g/mol. The van der Waals surface area contributed by atoms with Gasteiger partial charge in [0.1, 0.15) is 11.5 Å². The number of furan rings is 1. The standard InChI is InChI=1S/C11H11NO3S/c1-14-11(13)12-7-8-4-5-9(15-8)10-3-2-6-16-10/h2-6H,7H2,1H3,(H,12,13). The van der Waals surface area contributed by atoms with E-state index in [1.165, 1.54) is 7.11 Å². The zero-order valence-corrected chi connectivity index (χ0v) is 9.54. The molecule has 0 atom stereocenters. The van der Waals surface area contributed by atoms with Crippen LogP contribution < -0.4 is 5.32 Å². The van der Waals surface area contributed by atoms with E-state index in [1.807, 2.05) is 29.6 Å². The Kier molecular flexibility index (Phi) is 3.26. The number of hydrogen-bond acceptors (Lipinski definition) is 4. The lowest BCUT2D eigenvalue weighted by Gasteiger charge is -2.00. The third-order valence-corrected chi connectivity index (χ3v) is 2.90. The molecule has 4 nitrogen and oxygen atoms in total. The highest BCUT2D eigenvalue weighted by Gasteiger charge is 2.06. The Bertz CT molecular complexity index is 461. The lowest BCUT2D eigenvalue weighted by Crippen LogP contribution is -2.21. The smallest absolute Gasteiger partial charge is 0.407 e. The molecule has 0 bridgehead atoms. The van der Waals surface area contributed by atoms with E-state index in [-0.39, 0.29) is 0 Å². The molecule has 0 aromatic carbocycles. The molecule has 2 heterocycles. The number of amides is 1. The second kappa shape index (κ2) is 4.85. The van der Waals surface area contributed by atoms with E-state index in [0.29, 0.717) is 12.3 Å². The maximum absolute atomic E-state index is 10.8. The number of thiophene rings is 1. The maximum Gasteiger partial charge on any atom is 0.407 e. The Morgan fingerprint density at radius 3 is 3.06 bits per heavy atom. The van der Waals surface area contributed by atoms with Crippen LogP contribution in [-0.4, -0.2) is 13.2 Å². The Labute approximate surface area is 96.8 Å². The highest BCUT2D eigenvalue weighted by Crippen LogP contribution is 2.26. The van der Waals surface area contributed by atoms with E-state index in [1.54, 1.807) is 11.3 Å². The summed E-state index contributed by atoms with van der Waals surface area (Å²) in [7, 11) is 1.33. The Balaban J connectivity index is 2.00. The lowest BCUT2D eigenvalue weighted by molar-refractivity contribution is 0.169.